The molecule has 0 radical (unpaired) electrons. The number of para-hydroxylation sites is 1. The quantitative estimate of drug-likeness (QED) is 0.833. The number of aryl methyl sites for hydroxylation is 1. The summed E-state index contributed by atoms with van der Waals surface area (Å²) in [5.41, 5.74) is 3.37. The first kappa shape index (κ1) is 15.5. The first-order valence-corrected chi connectivity index (χ1v) is 7.61. The highest BCUT2D eigenvalue weighted by molar-refractivity contribution is 5.36. The minimum absolute atomic E-state index is 0.330. The number of aromatic nitrogens is 1. The maximum atomic E-state index is 6.03. The van der Waals surface area contributed by atoms with Crippen LogP contribution in [0.25, 0.3) is 0 Å². The van der Waals surface area contributed by atoms with Gasteiger partial charge in [-0.05, 0) is 37.6 Å². The van der Waals surface area contributed by atoms with Gasteiger partial charge in [0.1, 0.15) is 12.4 Å². The predicted molar refractivity (Wildman–Crippen MR) is 86.5 cm³/mol. The lowest BCUT2D eigenvalue weighted by Gasteiger charge is -2.20. The summed E-state index contributed by atoms with van der Waals surface area (Å²) < 4.78 is 6.03. The highest BCUT2D eigenvalue weighted by Gasteiger charge is 2.13. The maximum Gasteiger partial charge on any atom is 0.130 e. The van der Waals surface area contributed by atoms with E-state index in [0.29, 0.717) is 12.6 Å². The fraction of sp³-hybridized carbons (Fsp3) is 0.389. The van der Waals surface area contributed by atoms with Crippen molar-refractivity contribution in [1.82, 2.24) is 10.3 Å². The molecular formula is C18H24N2O. The molecule has 3 heteroatoms. The van der Waals surface area contributed by atoms with Crippen LogP contribution in [0.2, 0.25) is 0 Å². The molecule has 0 fully saturated rings. The third kappa shape index (κ3) is 4.05. The van der Waals surface area contributed by atoms with E-state index < -0.39 is 0 Å². The van der Waals surface area contributed by atoms with Gasteiger partial charge in [0, 0.05) is 17.8 Å². The molecule has 0 spiro atoms. The van der Waals surface area contributed by atoms with Gasteiger partial charge in [-0.15, -0.1) is 0 Å². The van der Waals surface area contributed by atoms with Crippen LogP contribution in [0.15, 0.2) is 42.6 Å². The zero-order chi connectivity index (χ0) is 15.1. The molecule has 0 aliphatic rings. The molecule has 0 bridgehead atoms. The van der Waals surface area contributed by atoms with E-state index in [1.54, 1.807) is 0 Å². The van der Waals surface area contributed by atoms with Gasteiger partial charge < -0.3 is 10.1 Å². The van der Waals surface area contributed by atoms with Crippen LogP contribution in [0.4, 0.5) is 0 Å². The van der Waals surface area contributed by atoms with Crippen molar-refractivity contribution in [1.29, 1.82) is 0 Å². The molecule has 1 heterocycles. The molecule has 3 nitrogen and oxygen atoms in total. The van der Waals surface area contributed by atoms with Gasteiger partial charge in [0.25, 0.3) is 0 Å². The number of hydrogen-bond acceptors (Lipinski definition) is 3. The highest BCUT2D eigenvalue weighted by atomic mass is 16.5. The van der Waals surface area contributed by atoms with E-state index in [9.17, 15) is 0 Å². The lowest BCUT2D eigenvalue weighted by Crippen LogP contribution is -2.20. The van der Waals surface area contributed by atoms with Crippen molar-refractivity contribution in [3.8, 4) is 5.75 Å². The predicted octanol–water partition coefficient (Wildman–Crippen LogP) is 4.03. The molecule has 21 heavy (non-hydrogen) atoms. The second kappa shape index (κ2) is 7.79. The van der Waals surface area contributed by atoms with Gasteiger partial charge in [-0.25, -0.2) is 0 Å². The van der Waals surface area contributed by atoms with Crippen LogP contribution in [-0.2, 0) is 6.61 Å². The zero-order valence-corrected chi connectivity index (χ0v) is 13.1. The Bertz CT molecular complexity index is 569. The largest absolute Gasteiger partial charge is 0.487 e. The molecule has 1 N–H and O–H groups in total. The summed E-state index contributed by atoms with van der Waals surface area (Å²) >= 11 is 0. The van der Waals surface area contributed by atoms with Crippen molar-refractivity contribution in [3.63, 3.8) is 0 Å². The van der Waals surface area contributed by atoms with Crippen LogP contribution in [0.3, 0.4) is 0 Å². The van der Waals surface area contributed by atoms with Gasteiger partial charge in [0.05, 0.1) is 5.69 Å². The number of benzene rings is 1. The van der Waals surface area contributed by atoms with Gasteiger partial charge in [0.15, 0.2) is 0 Å². The van der Waals surface area contributed by atoms with Gasteiger partial charge in [-0.3, -0.25) is 4.98 Å². The fourth-order valence-electron chi connectivity index (χ4n) is 2.44. The Kier molecular flexibility index (Phi) is 5.76. The summed E-state index contributed by atoms with van der Waals surface area (Å²) in [7, 11) is 0. The monoisotopic (exact) mass is 284 g/mol. The van der Waals surface area contributed by atoms with E-state index >= 15 is 0 Å². The number of ether oxygens (including phenoxy) is 1. The maximum absolute atomic E-state index is 6.03. The third-order valence-electron chi connectivity index (χ3n) is 3.64. The lowest BCUT2D eigenvalue weighted by molar-refractivity contribution is 0.293. The van der Waals surface area contributed by atoms with Gasteiger partial charge >= 0.3 is 0 Å². The van der Waals surface area contributed by atoms with E-state index in [1.165, 1.54) is 5.56 Å². The Balaban J connectivity index is 2.15. The van der Waals surface area contributed by atoms with Crippen molar-refractivity contribution in [2.24, 2.45) is 0 Å². The SMILES string of the molecule is CCNC(CC)c1ccccc1OCc1ncccc1C. The Morgan fingerprint density at radius 2 is 1.95 bits per heavy atom. The van der Waals surface area contributed by atoms with Crippen LogP contribution in [0, 0.1) is 6.92 Å². The van der Waals surface area contributed by atoms with Crippen molar-refractivity contribution in [3.05, 3.63) is 59.4 Å². The Morgan fingerprint density at radius 3 is 2.67 bits per heavy atom. The number of hydrogen-bond donors (Lipinski definition) is 1. The molecule has 1 aromatic heterocycles. The van der Waals surface area contributed by atoms with E-state index in [0.717, 1.165) is 30.0 Å². The van der Waals surface area contributed by atoms with Crippen molar-refractivity contribution < 1.29 is 4.74 Å². The number of rotatable bonds is 7. The zero-order valence-electron chi connectivity index (χ0n) is 13.1. The van der Waals surface area contributed by atoms with Crippen LogP contribution >= 0.6 is 0 Å². The molecule has 1 atom stereocenters. The van der Waals surface area contributed by atoms with Crippen LogP contribution in [0.1, 0.15) is 43.1 Å². The van der Waals surface area contributed by atoms with E-state index in [-0.39, 0.29) is 0 Å². The Hall–Kier alpha value is -1.87. The standard InChI is InChI=1S/C18H24N2O/c1-4-16(19-5-2)15-10-6-7-11-18(15)21-13-17-14(3)9-8-12-20-17/h6-12,16,19H,4-5,13H2,1-3H3. The van der Waals surface area contributed by atoms with E-state index in [2.05, 4.69) is 49.3 Å². The second-order valence-corrected chi connectivity index (χ2v) is 5.11. The summed E-state index contributed by atoms with van der Waals surface area (Å²) in [5, 5.41) is 3.50. The number of nitrogens with zero attached hydrogens (tertiary/aromatic N) is 1. The molecule has 112 valence electrons. The van der Waals surface area contributed by atoms with E-state index in [1.807, 2.05) is 24.4 Å². The minimum atomic E-state index is 0.330. The summed E-state index contributed by atoms with van der Waals surface area (Å²) in [6.45, 7) is 7.83. The normalized spacial score (nSPS) is 12.1. The average molecular weight is 284 g/mol. The molecule has 0 aliphatic heterocycles. The first-order valence-electron chi connectivity index (χ1n) is 7.61. The molecule has 0 saturated heterocycles. The molecule has 1 aromatic carbocycles. The first-order chi connectivity index (χ1) is 10.3. The Labute approximate surface area is 127 Å². The van der Waals surface area contributed by atoms with Gasteiger partial charge in [0.2, 0.25) is 0 Å². The van der Waals surface area contributed by atoms with Gasteiger partial charge in [-0.1, -0.05) is 38.1 Å². The Morgan fingerprint density at radius 1 is 1.14 bits per heavy atom. The summed E-state index contributed by atoms with van der Waals surface area (Å²) in [6, 6.07) is 12.6. The fourth-order valence-corrected chi connectivity index (χ4v) is 2.44. The second-order valence-electron chi connectivity index (χ2n) is 5.11. The van der Waals surface area contributed by atoms with Crippen molar-refractivity contribution in [2.45, 2.75) is 39.8 Å². The molecule has 0 saturated carbocycles. The van der Waals surface area contributed by atoms with Crippen molar-refractivity contribution >= 4 is 0 Å². The minimum Gasteiger partial charge on any atom is -0.487 e. The lowest BCUT2D eigenvalue weighted by atomic mass is 10.0. The number of nitrogens with one attached hydrogen (secondary N) is 1. The molecule has 0 amide bonds. The summed E-state index contributed by atoms with van der Waals surface area (Å²) in [6.07, 6.45) is 2.85. The van der Waals surface area contributed by atoms with Crippen LogP contribution in [0.5, 0.6) is 5.75 Å². The van der Waals surface area contributed by atoms with E-state index in [4.69, 9.17) is 4.74 Å². The topological polar surface area (TPSA) is 34.1 Å². The van der Waals surface area contributed by atoms with Crippen LogP contribution < -0.4 is 10.1 Å². The molecule has 2 rings (SSSR count). The van der Waals surface area contributed by atoms with Gasteiger partial charge in [-0.2, -0.15) is 0 Å². The molecule has 2 aromatic rings. The molecule has 0 aliphatic carbocycles. The third-order valence-corrected chi connectivity index (χ3v) is 3.64. The molecule has 1 unspecified atom stereocenters. The average Bonchev–Trinajstić information content (AvgIpc) is 2.52. The molecular weight excluding hydrogens is 260 g/mol. The summed E-state index contributed by atoms with van der Waals surface area (Å²) in [4.78, 5) is 4.38. The summed E-state index contributed by atoms with van der Waals surface area (Å²) in [5.74, 6) is 0.940. The highest BCUT2D eigenvalue weighted by Crippen LogP contribution is 2.27. The van der Waals surface area contributed by atoms with Crippen LogP contribution in [-0.4, -0.2) is 11.5 Å². The van der Waals surface area contributed by atoms with Crippen molar-refractivity contribution in [2.75, 3.05) is 6.54 Å². The number of pyridine rings is 1. The smallest absolute Gasteiger partial charge is 0.130 e.